The quantitative estimate of drug-likeness (QED) is 0.751. The molecule has 0 aliphatic rings. The van der Waals surface area contributed by atoms with E-state index >= 15 is 0 Å². The van der Waals surface area contributed by atoms with Crippen LogP contribution >= 0.6 is 0 Å². The van der Waals surface area contributed by atoms with Crippen molar-refractivity contribution in [2.24, 2.45) is 13.0 Å². The number of hydrogen-bond donors (Lipinski definition) is 1. The Bertz CT molecular complexity index is 926. The summed E-state index contributed by atoms with van der Waals surface area (Å²) in [4.78, 5) is 8.45. The number of anilines is 1. The second kappa shape index (κ2) is 6.58. The van der Waals surface area contributed by atoms with Crippen molar-refractivity contribution >= 4 is 16.9 Å². The Morgan fingerprint density at radius 3 is 2.62 bits per heavy atom. The molecule has 0 unspecified atom stereocenters. The van der Waals surface area contributed by atoms with Gasteiger partial charge in [-0.2, -0.15) is 23.4 Å². The lowest BCUT2D eigenvalue weighted by Gasteiger charge is -2.16. The van der Waals surface area contributed by atoms with Gasteiger partial charge in [0.2, 0.25) is 0 Å². The summed E-state index contributed by atoms with van der Waals surface area (Å²) >= 11 is 0. The van der Waals surface area contributed by atoms with E-state index in [-0.39, 0.29) is 12.5 Å². The van der Waals surface area contributed by atoms with Crippen molar-refractivity contribution in [1.82, 2.24) is 29.5 Å². The lowest BCUT2D eigenvalue weighted by atomic mass is 10.1. The summed E-state index contributed by atoms with van der Waals surface area (Å²) in [6.07, 6.45) is -2.98. The summed E-state index contributed by atoms with van der Waals surface area (Å²) in [5.74, 6) is 0.525. The molecular weight excluding hydrogens is 347 g/mol. The van der Waals surface area contributed by atoms with Crippen LogP contribution in [0.1, 0.15) is 24.0 Å². The van der Waals surface area contributed by atoms with Gasteiger partial charge in [-0.15, -0.1) is 0 Å². The maximum Gasteiger partial charge on any atom is 0.433 e. The van der Waals surface area contributed by atoms with E-state index in [2.05, 4.69) is 25.5 Å². The van der Waals surface area contributed by atoms with Crippen molar-refractivity contribution < 1.29 is 13.2 Å². The van der Waals surface area contributed by atoms with Crippen LogP contribution in [0.3, 0.4) is 0 Å². The maximum atomic E-state index is 13.1. The lowest BCUT2D eigenvalue weighted by Crippen LogP contribution is -2.22. The van der Waals surface area contributed by atoms with Crippen molar-refractivity contribution in [2.45, 2.75) is 33.5 Å². The first kappa shape index (κ1) is 18.2. The smallest absolute Gasteiger partial charge is 0.369 e. The number of fused-ring (bicyclic) bond motifs is 1. The number of rotatable bonds is 5. The molecule has 140 valence electrons. The van der Waals surface area contributed by atoms with E-state index in [0.29, 0.717) is 23.7 Å². The Labute approximate surface area is 148 Å². The van der Waals surface area contributed by atoms with Crippen molar-refractivity contribution in [3.63, 3.8) is 0 Å². The van der Waals surface area contributed by atoms with Gasteiger partial charge in [0.25, 0.3) is 0 Å². The average Bonchev–Trinajstić information content (AvgIpc) is 3.06. The number of nitrogens with zero attached hydrogens (tertiary/aromatic N) is 6. The van der Waals surface area contributed by atoms with Gasteiger partial charge in [0.1, 0.15) is 17.8 Å². The van der Waals surface area contributed by atoms with Gasteiger partial charge in [-0.05, 0) is 25.8 Å². The van der Waals surface area contributed by atoms with Gasteiger partial charge in [-0.3, -0.25) is 9.36 Å². The molecule has 0 aliphatic heterocycles. The van der Waals surface area contributed by atoms with Gasteiger partial charge >= 0.3 is 6.18 Å². The molecule has 10 heteroatoms. The van der Waals surface area contributed by atoms with E-state index in [9.17, 15) is 13.2 Å². The first-order chi connectivity index (χ1) is 12.2. The maximum absolute atomic E-state index is 13.1. The first-order valence-corrected chi connectivity index (χ1v) is 8.16. The molecule has 3 aromatic heterocycles. The van der Waals surface area contributed by atoms with Crippen LogP contribution in [0.5, 0.6) is 0 Å². The molecule has 7 nitrogen and oxygen atoms in total. The Morgan fingerprint density at radius 2 is 1.92 bits per heavy atom. The van der Waals surface area contributed by atoms with E-state index in [1.165, 1.54) is 6.33 Å². The number of nitrogens with one attached hydrogen (secondary N) is 1. The molecule has 0 saturated carbocycles. The second-order valence-electron chi connectivity index (χ2n) is 6.47. The molecule has 3 heterocycles. The van der Waals surface area contributed by atoms with Crippen LogP contribution in [0.2, 0.25) is 0 Å². The third kappa shape index (κ3) is 3.49. The minimum atomic E-state index is -4.42. The Morgan fingerprint density at radius 1 is 1.19 bits per heavy atom. The van der Waals surface area contributed by atoms with Crippen LogP contribution in [-0.4, -0.2) is 36.1 Å². The van der Waals surface area contributed by atoms with Crippen molar-refractivity contribution in [2.75, 3.05) is 11.9 Å². The summed E-state index contributed by atoms with van der Waals surface area (Å²) in [6.45, 7) is 5.87. The molecule has 0 bridgehead atoms. The molecule has 0 fully saturated rings. The SMILES string of the molecule is Cc1cc(C(F)(F)F)n(C[C@@H](C)CNc2ncnc3c2c(C)nn3C)n1. The zero-order chi connectivity index (χ0) is 19.1. The topological polar surface area (TPSA) is 73.5 Å². The highest BCUT2D eigenvalue weighted by Gasteiger charge is 2.35. The molecule has 1 atom stereocenters. The van der Waals surface area contributed by atoms with Gasteiger partial charge in [0.05, 0.1) is 16.8 Å². The molecule has 3 aromatic rings. The van der Waals surface area contributed by atoms with Crippen LogP contribution in [0, 0.1) is 19.8 Å². The van der Waals surface area contributed by atoms with Gasteiger partial charge in [0, 0.05) is 20.1 Å². The highest BCUT2D eigenvalue weighted by atomic mass is 19.4. The monoisotopic (exact) mass is 367 g/mol. The van der Waals surface area contributed by atoms with Crippen molar-refractivity contribution in [1.29, 1.82) is 0 Å². The molecular formula is C16H20F3N7. The molecule has 3 rings (SSSR count). The van der Waals surface area contributed by atoms with Crippen molar-refractivity contribution in [3.05, 3.63) is 29.5 Å². The Balaban J connectivity index is 1.74. The van der Waals surface area contributed by atoms with Crippen LogP contribution in [0.15, 0.2) is 12.4 Å². The normalized spacial score (nSPS) is 13.3. The molecule has 0 radical (unpaired) electrons. The summed E-state index contributed by atoms with van der Waals surface area (Å²) in [7, 11) is 1.80. The molecule has 0 amide bonds. The Kier molecular flexibility index (Phi) is 4.59. The molecule has 0 aliphatic carbocycles. The number of alkyl halides is 3. The van der Waals surface area contributed by atoms with E-state index in [0.717, 1.165) is 21.8 Å². The lowest BCUT2D eigenvalue weighted by molar-refractivity contribution is -0.144. The number of aromatic nitrogens is 6. The predicted octanol–water partition coefficient (Wildman–Crippen LogP) is 2.94. The van der Waals surface area contributed by atoms with Gasteiger partial charge < -0.3 is 5.32 Å². The molecule has 0 saturated heterocycles. The summed E-state index contributed by atoms with van der Waals surface area (Å²) in [5.41, 5.74) is 1.12. The zero-order valence-corrected chi connectivity index (χ0v) is 15.0. The standard InChI is InChI=1S/C16H20F3N7/c1-9(7-26-12(16(17,18)19)5-10(2)23-26)6-20-14-13-11(3)24-25(4)15(13)22-8-21-14/h5,8-9H,6-7H2,1-4H3,(H,20,21,22)/t9-/m0/s1. The number of aryl methyl sites for hydroxylation is 3. The Hall–Kier alpha value is -2.65. The number of halogens is 3. The fraction of sp³-hybridized carbons (Fsp3) is 0.500. The van der Waals surface area contributed by atoms with Gasteiger partial charge in [0.15, 0.2) is 5.65 Å². The summed E-state index contributed by atoms with van der Waals surface area (Å²) in [6, 6.07) is 1.06. The summed E-state index contributed by atoms with van der Waals surface area (Å²) < 4.78 is 41.9. The predicted molar refractivity (Wildman–Crippen MR) is 90.7 cm³/mol. The first-order valence-electron chi connectivity index (χ1n) is 8.16. The van der Waals surface area contributed by atoms with E-state index in [4.69, 9.17) is 0 Å². The van der Waals surface area contributed by atoms with Gasteiger partial charge in [-0.25, -0.2) is 9.97 Å². The largest absolute Gasteiger partial charge is 0.433 e. The fourth-order valence-corrected chi connectivity index (χ4v) is 2.95. The minimum absolute atomic E-state index is 0.0996. The van der Waals surface area contributed by atoms with Crippen LogP contribution in [0.4, 0.5) is 19.0 Å². The van der Waals surface area contributed by atoms with E-state index in [1.54, 1.807) is 18.7 Å². The van der Waals surface area contributed by atoms with Crippen LogP contribution in [0.25, 0.3) is 11.0 Å². The molecule has 0 aromatic carbocycles. The second-order valence-corrected chi connectivity index (χ2v) is 6.47. The highest BCUT2D eigenvalue weighted by Crippen LogP contribution is 2.30. The van der Waals surface area contributed by atoms with E-state index < -0.39 is 11.9 Å². The number of hydrogen-bond acceptors (Lipinski definition) is 5. The van der Waals surface area contributed by atoms with Crippen LogP contribution < -0.4 is 5.32 Å². The third-order valence-corrected chi connectivity index (χ3v) is 4.09. The minimum Gasteiger partial charge on any atom is -0.369 e. The molecule has 1 N–H and O–H groups in total. The molecule has 26 heavy (non-hydrogen) atoms. The van der Waals surface area contributed by atoms with Crippen molar-refractivity contribution in [3.8, 4) is 0 Å². The van der Waals surface area contributed by atoms with Crippen LogP contribution in [-0.2, 0) is 19.8 Å². The van der Waals surface area contributed by atoms with E-state index in [1.807, 2.05) is 13.8 Å². The summed E-state index contributed by atoms with van der Waals surface area (Å²) in [5, 5.41) is 12.3. The van der Waals surface area contributed by atoms with Gasteiger partial charge in [-0.1, -0.05) is 6.92 Å². The fourth-order valence-electron chi connectivity index (χ4n) is 2.95. The third-order valence-electron chi connectivity index (χ3n) is 4.09. The average molecular weight is 367 g/mol. The molecule has 0 spiro atoms. The highest BCUT2D eigenvalue weighted by molar-refractivity contribution is 5.89. The zero-order valence-electron chi connectivity index (χ0n) is 15.0.